The Kier molecular flexibility index (Phi) is 7.06. The van der Waals surface area contributed by atoms with Crippen LogP contribution in [0.1, 0.15) is 72.2 Å². The lowest BCUT2D eigenvalue weighted by Crippen LogP contribution is -2.43. The summed E-state index contributed by atoms with van der Waals surface area (Å²) in [6.07, 6.45) is 2.94. The first-order valence-electron chi connectivity index (χ1n) is 13.3. The highest BCUT2D eigenvalue weighted by atomic mass is 19.1. The molecule has 1 heterocycles. The van der Waals surface area contributed by atoms with Gasteiger partial charge in [0.15, 0.2) is 0 Å². The van der Waals surface area contributed by atoms with Gasteiger partial charge in [0.2, 0.25) is 0 Å². The summed E-state index contributed by atoms with van der Waals surface area (Å²) in [6.45, 7) is 6.48. The molecule has 1 saturated carbocycles. The van der Waals surface area contributed by atoms with Crippen molar-refractivity contribution in [2.24, 2.45) is 5.92 Å². The van der Waals surface area contributed by atoms with Gasteiger partial charge in [-0.2, -0.15) is 0 Å². The molecule has 5 nitrogen and oxygen atoms in total. The zero-order valence-electron chi connectivity index (χ0n) is 22.2. The van der Waals surface area contributed by atoms with Crippen LogP contribution >= 0.6 is 0 Å². The molecule has 5 rings (SSSR count). The largest absolute Gasteiger partial charge is 0.455 e. The minimum atomic E-state index is -0.358. The Labute approximate surface area is 222 Å². The minimum Gasteiger partial charge on any atom is -0.455 e. The number of hydrogen-bond acceptors (Lipinski definition) is 3. The molecule has 1 unspecified atom stereocenters. The fraction of sp³-hybridized carbons (Fsp3) is 0.312. The Balaban J connectivity index is 1.65. The van der Waals surface area contributed by atoms with Gasteiger partial charge in [-0.25, -0.2) is 4.39 Å². The third-order valence-electron chi connectivity index (χ3n) is 7.71. The van der Waals surface area contributed by atoms with Crippen molar-refractivity contribution in [1.29, 1.82) is 0 Å². The molecule has 0 spiro atoms. The number of benzene rings is 3. The van der Waals surface area contributed by atoms with E-state index in [0.29, 0.717) is 39.3 Å². The summed E-state index contributed by atoms with van der Waals surface area (Å²) in [6, 6.07) is 17.8. The van der Waals surface area contributed by atoms with Crippen LogP contribution < -0.4 is 10.6 Å². The van der Waals surface area contributed by atoms with Gasteiger partial charge in [-0.05, 0) is 96.3 Å². The van der Waals surface area contributed by atoms with Gasteiger partial charge in [-0.3, -0.25) is 9.59 Å². The molecule has 196 valence electrons. The normalized spacial score (nSPS) is 17.6. The van der Waals surface area contributed by atoms with E-state index in [9.17, 15) is 14.0 Å². The lowest BCUT2D eigenvalue weighted by Gasteiger charge is -2.33. The van der Waals surface area contributed by atoms with Crippen LogP contribution in [0.5, 0.6) is 0 Å². The van der Waals surface area contributed by atoms with Crippen molar-refractivity contribution in [2.75, 3.05) is 7.05 Å². The van der Waals surface area contributed by atoms with E-state index < -0.39 is 0 Å². The van der Waals surface area contributed by atoms with Gasteiger partial charge in [0.25, 0.3) is 11.8 Å². The van der Waals surface area contributed by atoms with E-state index >= 15 is 0 Å². The third kappa shape index (κ3) is 4.83. The van der Waals surface area contributed by atoms with Crippen LogP contribution in [0.2, 0.25) is 0 Å². The summed E-state index contributed by atoms with van der Waals surface area (Å²) < 4.78 is 19.9. The molecule has 0 radical (unpaired) electrons. The molecule has 1 fully saturated rings. The number of carbonyl (C=O) groups is 2. The number of carbonyl (C=O) groups excluding carboxylic acids is 2. The van der Waals surface area contributed by atoms with Crippen molar-refractivity contribution in [3.63, 3.8) is 0 Å². The standard InChI is InChI=1S/C32H33FN2O3/c1-5-19(3)25-17-28-27(29(32(37)34-4)30(38-28)20-9-11-23(33)12-10-20)16-26(25)21-7-6-8-22(15-21)31(36)35-24-13-18(2)14-24/h6-12,15-19,24H,5,13-14H2,1-4H3,(H,34,37)(H,35,36). The lowest BCUT2D eigenvalue weighted by atomic mass is 9.82. The Morgan fingerprint density at radius 1 is 1.03 bits per heavy atom. The van der Waals surface area contributed by atoms with Gasteiger partial charge in [-0.1, -0.05) is 32.9 Å². The number of rotatable bonds is 7. The smallest absolute Gasteiger partial charge is 0.255 e. The van der Waals surface area contributed by atoms with Gasteiger partial charge in [0, 0.05) is 29.6 Å². The maximum atomic E-state index is 13.6. The molecule has 1 aromatic heterocycles. The second-order valence-corrected chi connectivity index (χ2v) is 10.5. The minimum absolute atomic E-state index is 0.0668. The number of nitrogens with one attached hydrogen (secondary N) is 2. The monoisotopic (exact) mass is 512 g/mol. The summed E-state index contributed by atoms with van der Waals surface area (Å²) >= 11 is 0. The highest BCUT2D eigenvalue weighted by Crippen LogP contribution is 2.40. The van der Waals surface area contributed by atoms with Crippen molar-refractivity contribution in [1.82, 2.24) is 10.6 Å². The van der Waals surface area contributed by atoms with E-state index in [1.54, 1.807) is 19.2 Å². The molecule has 0 bridgehead atoms. The summed E-state index contributed by atoms with van der Waals surface area (Å²) in [4.78, 5) is 26.1. The van der Waals surface area contributed by atoms with Crippen molar-refractivity contribution >= 4 is 22.8 Å². The van der Waals surface area contributed by atoms with E-state index in [-0.39, 0.29) is 29.6 Å². The maximum Gasteiger partial charge on any atom is 0.255 e. The fourth-order valence-corrected chi connectivity index (χ4v) is 5.31. The Hall–Kier alpha value is -3.93. The predicted molar refractivity (Wildman–Crippen MR) is 149 cm³/mol. The van der Waals surface area contributed by atoms with Gasteiger partial charge >= 0.3 is 0 Å². The van der Waals surface area contributed by atoms with Crippen LogP contribution in [0.3, 0.4) is 0 Å². The van der Waals surface area contributed by atoms with Crippen molar-refractivity contribution in [3.8, 4) is 22.5 Å². The number of amides is 2. The molecule has 3 aromatic carbocycles. The molecule has 0 aliphatic heterocycles. The summed E-state index contributed by atoms with van der Waals surface area (Å²) in [5.41, 5.74) is 5.17. The lowest BCUT2D eigenvalue weighted by molar-refractivity contribution is 0.0895. The zero-order valence-corrected chi connectivity index (χ0v) is 22.2. The molecular formula is C32H33FN2O3. The number of hydrogen-bond donors (Lipinski definition) is 2. The van der Waals surface area contributed by atoms with Gasteiger partial charge in [-0.15, -0.1) is 0 Å². The summed E-state index contributed by atoms with van der Waals surface area (Å²) in [5, 5.41) is 6.53. The SMILES string of the molecule is CCC(C)c1cc2oc(-c3ccc(F)cc3)c(C(=O)NC)c2cc1-c1cccc(C(=O)NC2CC(C)C2)c1. The first-order chi connectivity index (χ1) is 18.3. The first kappa shape index (κ1) is 25.7. The molecule has 1 aliphatic rings. The Bertz CT molecular complexity index is 1500. The average molecular weight is 513 g/mol. The second-order valence-electron chi connectivity index (χ2n) is 10.5. The molecule has 6 heteroatoms. The fourth-order valence-electron chi connectivity index (χ4n) is 5.31. The van der Waals surface area contributed by atoms with E-state index in [1.165, 1.54) is 12.1 Å². The summed E-state index contributed by atoms with van der Waals surface area (Å²) in [7, 11) is 1.58. The molecule has 38 heavy (non-hydrogen) atoms. The topological polar surface area (TPSA) is 71.3 Å². The number of halogens is 1. The van der Waals surface area contributed by atoms with E-state index in [0.717, 1.165) is 36.0 Å². The summed E-state index contributed by atoms with van der Waals surface area (Å²) in [5.74, 6) is 0.556. The van der Waals surface area contributed by atoms with Gasteiger partial charge < -0.3 is 15.1 Å². The van der Waals surface area contributed by atoms with E-state index in [2.05, 4.69) is 31.4 Å². The number of furan rings is 1. The predicted octanol–water partition coefficient (Wildman–Crippen LogP) is 7.31. The van der Waals surface area contributed by atoms with Crippen LogP contribution in [-0.4, -0.2) is 24.9 Å². The molecular weight excluding hydrogens is 479 g/mol. The first-order valence-corrected chi connectivity index (χ1v) is 13.3. The Morgan fingerprint density at radius 2 is 1.76 bits per heavy atom. The molecule has 1 aliphatic carbocycles. The molecule has 2 N–H and O–H groups in total. The number of fused-ring (bicyclic) bond motifs is 1. The van der Waals surface area contributed by atoms with E-state index in [4.69, 9.17) is 4.42 Å². The molecule has 4 aromatic rings. The van der Waals surface area contributed by atoms with Crippen molar-refractivity contribution < 1.29 is 18.4 Å². The Morgan fingerprint density at radius 3 is 2.42 bits per heavy atom. The highest BCUT2D eigenvalue weighted by molar-refractivity contribution is 6.12. The van der Waals surface area contributed by atoms with Gasteiger partial charge in [0.1, 0.15) is 17.2 Å². The highest BCUT2D eigenvalue weighted by Gasteiger charge is 2.27. The molecule has 2 amide bonds. The quantitative estimate of drug-likeness (QED) is 0.273. The van der Waals surface area contributed by atoms with Crippen LogP contribution in [0.25, 0.3) is 33.4 Å². The van der Waals surface area contributed by atoms with Crippen LogP contribution in [0, 0.1) is 11.7 Å². The average Bonchev–Trinajstić information content (AvgIpc) is 3.29. The molecule has 1 atom stereocenters. The van der Waals surface area contributed by atoms with Gasteiger partial charge in [0.05, 0.1) is 5.56 Å². The zero-order chi connectivity index (χ0) is 27.0. The van der Waals surface area contributed by atoms with Crippen LogP contribution in [0.4, 0.5) is 4.39 Å². The van der Waals surface area contributed by atoms with Crippen LogP contribution in [-0.2, 0) is 0 Å². The maximum absolute atomic E-state index is 13.6. The third-order valence-corrected chi connectivity index (χ3v) is 7.71. The van der Waals surface area contributed by atoms with Crippen LogP contribution in [0.15, 0.2) is 65.1 Å². The van der Waals surface area contributed by atoms with E-state index in [1.807, 2.05) is 36.4 Å². The van der Waals surface area contributed by atoms with Crippen molar-refractivity contribution in [3.05, 3.63) is 83.2 Å². The van der Waals surface area contributed by atoms with Crippen molar-refractivity contribution in [2.45, 2.75) is 52.0 Å². The second kappa shape index (κ2) is 10.4. The molecule has 0 saturated heterocycles.